The number of nitro benzene ring substituents is 1. The molecule has 0 spiro atoms. The third-order valence-corrected chi connectivity index (χ3v) is 2.36. The van der Waals surface area contributed by atoms with E-state index in [1.165, 1.54) is 12.1 Å². The highest BCUT2D eigenvalue weighted by atomic mass is 16.6. The minimum atomic E-state index is -0.436. The smallest absolute Gasteiger partial charge is 0.269 e. The molecule has 0 aliphatic carbocycles. The van der Waals surface area contributed by atoms with Gasteiger partial charge in [-0.15, -0.1) is 0 Å². The molecule has 2 aromatic rings. The van der Waals surface area contributed by atoms with Crippen LogP contribution in [-0.2, 0) is 0 Å². The molecule has 0 saturated carbocycles. The second kappa shape index (κ2) is 4.97. The average Bonchev–Trinajstić information content (AvgIpc) is 2.40. The molecule has 5 nitrogen and oxygen atoms in total. The van der Waals surface area contributed by atoms with Gasteiger partial charge in [0.05, 0.1) is 11.5 Å². The quantitative estimate of drug-likeness (QED) is 0.502. The minimum Gasteiger partial charge on any atom is -0.356 e. The number of anilines is 2. The monoisotopic (exact) mass is 239 g/mol. The lowest BCUT2D eigenvalue weighted by molar-refractivity contribution is -0.384. The van der Waals surface area contributed by atoms with Crippen molar-refractivity contribution in [2.45, 2.75) is 0 Å². The van der Waals surface area contributed by atoms with Gasteiger partial charge in [0.2, 0.25) is 0 Å². The lowest BCUT2D eigenvalue weighted by Crippen LogP contribution is -1.91. The normalized spacial score (nSPS) is 9.50. The fraction of sp³-hybridized carbons (Fsp3) is 0. The van der Waals surface area contributed by atoms with E-state index in [1.807, 2.05) is 0 Å². The van der Waals surface area contributed by atoms with Crippen LogP contribution in [0.3, 0.4) is 0 Å². The maximum absolute atomic E-state index is 10.5. The van der Waals surface area contributed by atoms with Crippen LogP contribution in [0.1, 0.15) is 0 Å². The maximum atomic E-state index is 10.5. The lowest BCUT2D eigenvalue weighted by Gasteiger charge is -2.05. The van der Waals surface area contributed by atoms with Crippen molar-refractivity contribution in [1.29, 1.82) is 0 Å². The van der Waals surface area contributed by atoms with Gasteiger partial charge in [-0.25, -0.2) is 4.85 Å². The Labute approximate surface area is 104 Å². The Morgan fingerprint density at radius 1 is 1.00 bits per heavy atom. The van der Waals surface area contributed by atoms with Crippen molar-refractivity contribution in [3.05, 3.63) is 70.1 Å². The average molecular weight is 239 g/mol. The first-order valence-electron chi connectivity index (χ1n) is 5.18. The number of hydrogen-bond donors (Lipinski definition) is 1. The predicted molar refractivity (Wildman–Crippen MR) is 69.1 cm³/mol. The highest BCUT2D eigenvalue weighted by molar-refractivity contribution is 5.63. The third kappa shape index (κ3) is 2.62. The van der Waals surface area contributed by atoms with Crippen LogP contribution in [0.15, 0.2) is 48.5 Å². The molecule has 0 bridgehead atoms. The Kier molecular flexibility index (Phi) is 3.21. The first kappa shape index (κ1) is 11.6. The first-order valence-corrected chi connectivity index (χ1v) is 5.18. The standard InChI is InChI=1S/C13H9N3O2/c1-14-10-2-4-11(5-3-10)15-12-6-8-13(9-7-12)16(17)18/h2-9,15H. The Bertz CT molecular complexity index is 598. The van der Waals surface area contributed by atoms with E-state index in [2.05, 4.69) is 10.2 Å². The van der Waals surface area contributed by atoms with E-state index in [-0.39, 0.29) is 5.69 Å². The molecule has 0 fully saturated rings. The fourth-order valence-electron chi connectivity index (χ4n) is 1.45. The third-order valence-electron chi connectivity index (χ3n) is 2.36. The van der Waals surface area contributed by atoms with Crippen LogP contribution in [0.25, 0.3) is 4.85 Å². The number of benzene rings is 2. The Morgan fingerprint density at radius 2 is 1.50 bits per heavy atom. The summed E-state index contributed by atoms with van der Waals surface area (Å²) in [6, 6.07) is 13.2. The van der Waals surface area contributed by atoms with Crippen LogP contribution in [0.5, 0.6) is 0 Å². The maximum Gasteiger partial charge on any atom is 0.269 e. The molecule has 18 heavy (non-hydrogen) atoms. The van der Waals surface area contributed by atoms with Crippen molar-refractivity contribution in [1.82, 2.24) is 0 Å². The largest absolute Gasteiger partial charge is 0.356 e. The summed E-state index contributed by atoms with van der Waals surface area (Å²) in [6.45, 7) is 6.84. The molecular weight excluding hydrogens is 230 g/mol. The van der Waals surface area contributed by atoms with Gasteiger partial charge in [-0.05, 0) is 24.3 Å². The van der Waals surface area contributed by atoms with E-state index in [0.29, 0.717) is 5.69 Å². The molecule has 0 amide bonds. The number of non-ortho nitro benzene ring substituents is 1. The summed E-state index contributed by atoms with van der Waals surface area (Å²) in [7, 11) is 0. The van der Waals surface area contributed by atoms with Crippen molar-refractivity contribution in [2.24, 2.45) is 0 Å². The second-order valence-electron chi connectivity index (χ2n) is 3.59. The lowest BCUT2D eigenvalue weighted by atomic mass is 10.2. The molecule has 0 radical (unpaired) electrons. The summed E-state index contributed by atoms with van der Waals surface area (Å²) in [5.74, 6) is 0. The van der Waals surface area contributed by atoms with Crippen LogP contribution < -0.4 is 5.32 Å². The molecule has 0 saturated heterocycles. The van der Waals surface area contributed by atoms with Crippen LogP contribution >= 0.6 is 0 Å². The van der Waals surface area contributed by atoms with E-state index in [0.717, 1.165) is 11.4 Å². The van der Waals surface area contributed by atoms with Gasteiger partial charge in [0.15, 0.2) is 5.69 Å². The summed E-state index contributed by atoms with van der Waals surface area (Å²) in [4.78, 5) is 13.4. The SMILES string of the molecule is [C-]#[N+]c1ccc(Nc2ccc([N+](=O)[O-])cc2)cc1. The van der Waals surface area contributed by atoms with Gasteiger partial charge < -0.3 is 5.32 Å². The zero-order valence-electron chi connectivity index (χ0n) is 9.33. The molecular formula is C13H9N3O2. The van der Waals surface area contributed by atoms with Crippen LogP contribution in [-0.4, -0.2) is 4.92 Å². The molecule has 0 heterocycles. The van der Waals surface area contributed by atoms with Crippen molar-refractivity contribution in [2.75, 3.05) is 5.32 Å². The van der Waals surface area contributed by atoms with Gasteiger partial charge in [-0.2, -0.15) is 0 Å². The topological polar surface area (TPSA) is 59.5 Å². The molecule has 2 aromatic carbocycles. The van der Waals surface area contributed by atoms with Crippen molar-refractivity contribution < 1.29 is 4.92 Å². The van der Waals surface area contributed by atoms with E-state index in [4.69, 9.17) is 6.57 Å². The zero-order valence-corrected chi connectivity index (χ0v) is 9.33. The molecule has 0 atom stereocenters. The highest BCUT2D eigenvalue weighted by Gasteiger charge is 2.03. The summed E-state index contributed by atoms with van der Waals surface area (Å²) < 4.78 is 0. The van der Waals surface area contributed by atoms with E-state index in [1.54, 1.807) is 36.4 Å². The molecule has 88 valence electrons. The van der Waals surface area contributed by atoms with Crippen LogP contribution in [0.2, 0.25) is 0 Å². The Hall–Kier alpha value is -2.87. The number of nitro groups is 1. The summed E-state index contributed by atoms with van der Waals surface area (Å²) in [5, 5.41) is 13.6. The summed E-state index contributed by atoms with van der Waals surface area (Å²) >= 11 is 0. The van der Waals surface area contributed by atoms with Crippen molar-refractivity contribution >= 4 is 22.7 Å². The molecule has 2 rings (SSSR count). The predicted octanol–water partition coefficient (Wildman–Crippen LogP) is 3.89. The van der Waals surface area contributed by atoms with Crippen LogP contribution in [0.4, 0.5) is 22.7 Å². The van der Waals surface area contributed by atoms with Gasteiger partial charge in [0.1, 0.15) is 0 Å². The fourth-order valence-corrected chi connectivity index (χ4v) is 1.45. The molecule has 0 aromatic heterocycles. The summed E-state index contributed by atoms with van der Waals surface area (Å²) in [6.07, 6.45) is 0. The van der Waals surface area contributed by atoms with Gasteiger partial charge in [0.25, 0.3) is 5.69 Å². The van der Waals surface area contributed by atoms with Crippen molar-refractivity contribution in [3.63, 3.8) is 0 Å². The minimum absolute atomic E-state index is 0.0592. The summed E-state index contributed by atoms with van der Waals surface area (Å²) in [5.41, 5.74) is 2.22. The van der Waals surface area contributed by atoms with E-state index in [9.17, 15) is 10.1 Å². The van der Waals surface area contributed by atoms with Gasteiger partial charge in [-0.1, -0.05) is 12.1 Å². The van der Waals surface area contributed by atoms with Gasteiger partial charge in [-0.3, -0.25) is 10.1 Å². The van der Waals surface area contributed by atoms with E-state index < -0.39 is 4.92 Å². The number of nitrogens with zero attached hydrogens (tertiary/aromatic N) is 2. The second-order valence-corrected chi connectivity index (χ2v) is 3.59. The van der Waals surface area contributed by atoms with Gasteiger partial charge in [0, 0.05) is 23.5 Å². The first-order chi connectivity index (χ1) is 8.69. The van der Waals surface area contributed by atoms with Gasteiger partial charge >= 0.3 is 0 Å². The number of nitrogens with one attached hydrogen (secondary N) is 1. The molecule has 0 unspecified atom stereocenters. The highest BCUT2D eigenvalue weighted by Crippen LogP contribution is 2.22. The van der Waals surface area contributed by atoms with E-state index >= 15 is 0 Å². The van der Waals surface area contributed by atoms with Crippen LogP contribution in [0, 0.1) is 16.7 Å². The Morgan fingerprint density at radius 3 is 1.94 bits per heavy atom. The Balaban J connectivity index is 2.13. The zero-order chi connectivity index (χ0) is 13.0. The number of hydrogen-bond acceptors (Lipinski definition) is 3. The molecule has 1 N–H and O–H groups in total. The molecule has 0 aliphatic rings. The number of rotatable bonds is 3. The molecule has 5 heteroatoms. The van der Waals surface area contributed by atoms with Crippen molar-refractivity contribution in [3.8, 4) is 0 Å². The molecule has 0 aliphatic heterocycles.